The maximum absolute atomic E-state index is 12.7. The van der Waals surface area contributed by atoms with E-state index in [-0.39, 0.29) is 11.7 Å². The maximum Gasteiger partial charge on any atom is 0.251 e. The molecule has 4 heteroatoms. The van der Waals surface area contributed by atoms with E-state index in [0.717, 1.165) is 11.3 Å². The Hall–Kier alpha value is -2.23. The number of hydrogen-bond donors (Lipinski definition) is 1. The van der Waals surface area contributed by atoms with Crippen molar-refractivity contribution in [1.82, 2.24) is 10.3 Å². The molecule has 2 rings (SSSR count). The summed E-state index contributed by atoms with van der Waals surface area (Å²) in [6.45, 7) is 2.30. The van der Waals surface area contributed by atoms with Crippen LogP contribution in [-0.2, 0) is 6.54 Å². The smallest absolute Gasteiger partial charge is 0.251 e. The molecule has 2 aromatic rings. The number of halogens is 1. The fourth-order valence-electron chi connectivity index (χ4n) is 1.57. The third kappa shape index (κ3) is 2.91. The van der Waals surface area contributed by atoms with E-state index in [2.05, 4.69) is 10.3 Å². The maximum atomic E-state index is 12.7. The van der Waals surface area contributed by atoms with Crippen LogP contribution >= 0.6 is 0 Å². The molecule has 0 radical (unpaired) electrons. The molecule has 1 amide bonds. The van der Waals surface area contributed by atoms with Gasteiger partial charge in [0.25, 0.3) is 5.91 Å². The first kappa shape index (κ1) is 12.2. The highest BCUT2D eigenvalue weighted by Gasteiger charge is 2.06. The van der Waals surface area contributed by atoms with Gasteiger partial charge in [-0.15, -0.1) is 0 Å². The molecule has 1 N–H and O–H groups in total. The zero-order valence-corrected chi connectivity index (χ0v) is 9.98. The summed E-state index contributed by atoms with van der Waals surface area (Å²) < 4.78 is 12.7. The molecule has 0 fully saturated rings. The van der Waals surface area contributed by atoms with Crippen molar-refractivity contribution in [3.8, 4) is 0 Å². The Morgan fingerprint density at radius 2 is 2.00 bits per heavy atom. The number of hydrogen-bond acceptors (Lipinski definition) is 2. The van der Waals surface area contributed by atoms with Gasteiger partial charge < -0.3 is 5.32 Å². The summed E-state index contributed by atoms with van der Waals surface area (Å²) in [6.07, 6.45) is 1.69. The molecule has 0 saturated heterocycles. The predicted octanol–water partition coefficient (Wildman–Crippen LogP) is 2.46. The van der Waals surface area contributed by atoms with Crippen molar-refractivity contribution in [2.75, 3.05) is 0 Å². The minimum Gasteiger partial charge on any atom is -0.346 e. The minimum atomic E-state index is -0.355. The van der Waals surface area contributed by atoms with Gasteiger partial charge in [0.15, 0.2) is 0 Å². The number of nitrogens with one attached hydrogen (secondary N) is 1. The molecule has 1 heterocycles. The Balaban J connectivity index is 2.01. The highest BCUT2D eigenvalue weighted by molar-refractivity contribution is 5.94. The summed E-state index contributed by atoms with van der Waals surface area (Å²) in [5.41, 5.74) is 2.29. The number of nitrogens with zero attached hydrogens (tertiary/aromatic N) is 1. The topological polar surface area (TPSA) is 42.0 Å². The number of rotatable bonds is 3. The van der Waals surface area contributed by atoms with Crippen LogP contribution in [0.5, 0.6) is 0 Å². The molecule has 0 aliphatic carbocycles. The van der Waals surface area contributed by atoms with Gasteiger partial charge in [-0.25, -0.2) is 4.39 Å². The zero-order chi connectivity index (χ0) is 13.0. The summed E-state index contributed by atoms with van der Waals surface area (Å²) in [6, 6.07) is 9.22. The Bertz CT molecular complexity index is 552. The van der Waals surface area contributed by atoms with E-state index in [4.69, 9.17) is 0 Å². The lowest BCUT2D eigenvalue weighted by Gasteiger charge is -2.06. The largest absolute Gasteiger partial charge is 0.346 e. The SMILES string of the molecule is Cc1cccnc1CNC(=O)c1ccc(F)cc1. The Morgan fingerprint density at radius 1 is 1.28 bits per heavy atom. The zero-order valence-electron chi connectivity index (χ0n) is 9.98. The predicted molar refractivity (Wildman–Crippen MR) is 66.5 cm³/mol. The van der Waals surface area contributed by atoms with Crippen LogP contribution in [-0.4, -0.2) is 10.9 Å². The Morgan fingerprint density at radius 3 is 2.67 bits per heavy atom. The lowest BCUT2D eigenvalue weighted by atomic mass is 10.2. The first-order valence-electron chi connectivity index (χ1n) is 5.61. The minimum absolute atomic E-state index is 0.236. The molecule has 0 spiro atoms. The summed E-state index contributed by atoms with van der Waals surface area (Å²) in [5.74, 6) is -0.591. The summed E-state index contributed by atoms with van der Waals surface area (Å²) in [4.78, 5) is 16.0. The van der Waals surface area contributed by atoms with Crippen molar-refractivity contribution in [3.63, 3.8) is 0 Å². The fraction of sp³-hybridized carbons (Fsp3) is 0.143. The summed E-state index contributed by atoms with van der Waals surface area (Å²) >= 11 is 0. The molecule has 3 nitrogen and oxygen atoms in total. The molecule has 0 aliphatic heterocycles. The molecule has 0 bridgehead atoms. The second kappa shape index (κ2) is 5.40. The van der Waals surface area contributed by atoms with Crippen molar-refractivity contribution < 1.29 is 9.18 Å². The number of aromatic nitrogens is 1. The van der Waals surface area contributed by atoms with E-state index in [9.17, 15) is 9.18 Å². The van der Waals surface area contributed by atoms with Crippen molar-refractivity contribution in [2.24, 2.45) is 0 Å². The van der Waals surface area contributed by atoms with E-state index in [1.54, 1.807) is 6.20 Å². The first-order chi connectivity index (χ1) is 8.66. The molecule has 1 aromatic heterocycles. The third-order valence-corrected chi connectivity index (χ3v) is 2.64. The molecular formula is C14H13FN2O. The van der Waals surface area contributed by atoms with E-state index in [0.29, 0.717) is 12.1 Å². The Kier molecular flexibility index (Phi) is 3.67. The van der Waals surface area contributed by atoms with Gasteiger partial charge in [0.05, 0.1) is 12.2 Å². The Labute approximate surface area is 105 Å². The van der Waals surface area contributed by atoms with Gasteiger partial charge in [0.1, 0.15) is 5.82 Å². The van der Waals surface area contributed by atoms with Crippen molar-refractivity contribution in [2.45, 2.75) is 13.5 Å². The van der Waals surface area contributed by atoms with E-state index in [1.807, 2.05) is 19.1 Å². The lowest BCUT2D eigenvalue weighted by molar-refractivity contribution is 0.0950. The van der Waals surface area contributed by atoms with E-state index in [1.165, 1.54) is 24.3 Å². The van der Waals surface area contributed by atoms with Crippen LogP contribution in [0.4, 0.5) is 4.39 Å². The van der Waals surface area contributed by atoms with Crippen molar-refractivity contribution in [3.05, 3.63) is 65.2 Å². The van der Waals surface area contributed by atoms with Gasteiger partial charge in [0.2, 0.25) is 0 Å². The average molecular weight is 244 g/mol. The summed E-state index contributed by atoms with van der Waals surface area (Å²) in [7, 11) is 0. The average Bonchev–Trinajstić information content (AvgIpc) is 2.38. The van der Waals surface area contributed by atoms with Crippen molar-refractivity contribution in [1.29, 1.82) is 0 Å². The van der Waals surface area contributed by atoms with Gasteiger partial charge in [-0.05, 0) is 42.8 Å². The van der Waals surface area contributed by atoms with Crippen LogP contribution in [0, 0.1) is 12.7 Å². The number of benzene rings is 1. The lowest BCUT2D eigenvalue weighted by Crippen LogP contribution is -2.23. The van der Waals surface area contributed by atoms with E-state index >= 15 is 0 Å². The molecule has 18 heavy (non-hydrogen) atoms. The molecular weight excluding hydrogens is 231 g/mol. The summed E-state index contributed by atoms with van der Waals surface area (Å²) in [5, 5.41) is 2.75. The van der Waals surface area contributed by atoms with Crippen LogP contribution in [0.3, 0.4) is 0 Å². The molecule has 0 saturated carbocycles. The molecule has 0 aliphatic rings. The van der Waals surface area contributed by atoms with Gasteiger partial charge in [-0.2, -0.15) is 0 Å². The number of pyridine rings is 1. The van der Waals surface area contributed by atoms with Crippen LogP contribution in [0.2, 0.25) is 0 Å². The quantitative estimate of drug-likeness (QED) is 0.901. The normalized spacial score (nSPS) is 10.1. The van der Waals surface area contributed by atoms with Gasteiger partial charge in [-0.1, -0.05) is 6.07 Å². The van der Waals surface area contributed by atoms with Gasteiger partial charge >= 0.3 is 0 Å². The number of aryl methyl sites for hydroxylation is 1. The number of amides is 1. The number of carbonyl (C=O) groups excluding carboxylic acids is 1. The van der Waals surface area contributed by atoms with Crippen LogP contribution < -0.4 is 5.32 Å². The van der Waals surface area contributed by atoms with Crippen LogP contribution in [0.25, 0.3) is 0 Å². The highest BCUT2D eigenvalue weighted by Crippen LogP contribution is 2.05. The van der Waals surface area contributed by atoms with Crippen molar-refractivity contribution >= 4 is 5.91 Å². The first-order valence-corrected chi connectivity index (χ1v) is 5.61. The fourth-order valence-corrected chi connectivity index (χ4v) is 1.57. The third-order valence-electron chi connectivity index (χ3n) is 2.64. The van der Waals surface area contributed by atoms with Crippen LogP contribution in [0.1, 0.15) is 21.6 Å². The van der Waals surface area contributed by atoms with Gasteiger partial charge in [-0.3, -0.25) is 9.78 Å². The number of carbonyl (C=O) groups is 1. The molecule has 92 valence electrons. The van der Waals surface area contributed by atoms with Gasteiger partial charge in [0, 0.05) is 11.8 Å². The standard InChI is InChI=1S/C14H13FN2O/c1-10-3-2-8-16-13(10)9-17-14(18)11-4-6-12(15)7-5-11/h2-8H,9H2,1H3,(H,17,18). The van der Waals surface area contributed by atoms with Crippen LogP contribution in [0.15, 0.2) is 42.6 Å². The second-order valence-corrected chi connectivity index (χ2v) is 3.96. The molecule has 0 atom stereocenters. The second-order valence-electron chi connectivity index (χ2n) is 3.96. The molecule has 0 unspecified atom stereocenters. The highest BCUT2D eigenvalue weighted by atomic mass is 19.1. The monoisotopic (exact) mass is 244 g/mol. The molecule has 1 aromatic carbocycles. The van der Waals surface area contributed by atoms with E-state index < -0.39 is 0 Å².